The number of hydrogen-bond acceptors (Lipinski definition) is 3. The van der Waals surface area contributed by atoms with Crippen LogP contribution in [0.1, 0.15) is 18.1 Å². The van der Waals surface area contributed by atoms with E-state index in [1.807, 2.05) is 50.2 Å². The Bertz CT molecular complexity index is 709. The van der Waals surface area contributed by atoms with E-state index in [-0.39, 0.29) is 18.0 Å². The number of para-hydroxylation sites is 1. The highest BCUT2D eigenvalue weighted by Crippen LogP contribution is 2.16. The second-order valence-electron chi connectivity index (χ2n) is 5.01. The van der Waals surface area contributed by atoms with Crippen LogP contribution in [0.4, 0.5) is 0 Å². The number of sulfonamides is 1. The van der Waals surface area contributed by atoms with Gasteiger partial charge in [-0.3, -0.25) is 0 Å². The number of hydrogen-bond donors (Lipinski definition) is 1. The van der Waals surface area contributed by atoms with E-state index in [9.17, 15) is 8.42 Å². The van der Waals surface area contributed by atoms with Crippen molar-refractivity contribution in [2.24, 2.45) is 0 Å². The van der Waals surface area contributed by atoms with Crippen molar-refractivity contribution in [2.75, 3.05) is 13.2 Å². The summed E-state index contributed by atoms with van der Waals surface area (Å²) in [5.41, 5.74) is 2.14. The van der Waals surface area contributed by atoms with E-state index in [0.29, 0.717) is 0 Å². The zero-order valence-electron chi connectivity index (χ0n) is 12.9. The van der Waals surface area contributed by atoms with Crippen LogP contribution in [0.15, 0.2) is 53.4 Å². The molecular weight excluding hydrogens is 298 g/mol. The summed E-state index contributed by atoms with van der Waals surface area (Å²) in [6.07, 6.45) is 0.887. The Morgan fingerprint density at radius 3 is 2.36 bits per heavy atom. The Morgan fingerprint density at radius 2 is 1.73 bits per heavy atom. The summed E-state index contributed by atoms with van der Waals surface area (Å²) >= 11 is 0. The van der Waals surface area contributed by atoms with Crippen LogP contribution in [0.25, 0.3) is 0 Å². The summed E-state index contributed by atoms with van der Waals surface area (Å²) in [4.78, 5) is 0.278. The molecule has 0 fully saturated rings. The Hall–Kier alpha value is -1.85. The van der Waals surface area contributed by atoms with Crippen LogP contribution >= 0.6 is 0 Å². The Morgan fingerprint density at radius 1 is 1.05 bits per heavy atom. The zero-order valence-corrected chi connectivity index (χ0v) is 13.7. The SMILES string of the molecule is CCc1ccc(S(=O)(=O)NCCOc2ccccc2C)cc1. The molecule has 0 atom stereocenters. The molecule has 0 saturated carbocycles. The van der Waals surface area contributed by atoms with Crippen LogP contribution in [-0.2, 0) is 16.4 Å². The summed E-state index contributed by atoms with van der Waals surface area (Å²) in [5.74, 6) is 0.772. The third kappa shape index (κ3) is 4.32. The van der Waals surface area contributed by atoms with Gasteiger partial charge in [-0.15, -0.1) is 0 Å². The van der Waals surface area contributed by atoms with E-state index < -0.39 is 10.0 Å². The summed E-state index contributed by atoms with van der Waals surface area (Å²) in [5, 5.41) is 0. The minimum Gasteiger partial charge on any atom is -0.492 e. The second-order valence-corrected chi connectivity index (χ2v) is 6.78. The van der Waals surface area contributed by atoms with Crippen LogP contribution in [0.5, 0.6) is 5.75 Å². The van der Waals surface area contributed by atoms with E-state index in [4.69, 9.17) is 4.74 Å². The summed E-state index contributed by atoms with van der Waals surface area (Å²) in [7, 11) is -3.48. The maximum absolute atomic E-state index is 12.1. The predicted octanol–water partition coefficient (Wildman–Crippen LogP) is 2.91. The van der Waals surface area contributed by atoms with Gasteiger partial charge < -0.3 is 4.74 Å². The first-order valence-electron chi connectivity index (χ1n) is 7.30. The highest BCUT2D eigenvalue weighted by molar-refractivity contribution is 7.89. The van der Waals surface area contributed by atoms with E-state index >= 15 is 0 Å². The third-order valence-electron chi connectivity index (χ3n) is 3.39. The number of rotatable bonds is 7. The fourth-order valence-corrected chi connectivity index (χ4v) is 3.06. The highest BCUT2D eigenvalue weighted by atomic mass is 32.2. The van der Waals surface area contributed by atoms with Gasteiger partial charge in [-0.25, -0.2) is 13.1 Å². The first-order chi connectivity index (χ1) is 10.5. The van der Waals surface area contributed by atoms with Crippen molar-refractivity contribution in [3.63, 3.8) is 0 Å². The molecule has 0 aliphatic rings. The predicted molar refractivity (Wildman–Crippen MR) is 87.7 cm³/mol. The molecule has 2 aromatic carbocycles. The zero-order chi connectivity index (χ0) is 16.0. The Kier molecular flexibility index (Phi) is 5.57. The number of nitrogens with one attached hydrogen (secondary N) is 1. The molecule has 0 radical (unpaired) electrons. The molecule has 0 amide bonds. The standard InChI is InChI=1S/C17H21NO3S/c1-3-15-8-10-16(11-9-15)22(19,20)18-12-13-21-17-7-5-4-6-14(17)2/h4-11,18H,3,12-13H2,1-2H3. The lowest BCUT2D eigenvalue weighted by molar-refractivity contribution is 0.320. The van der Waals surface area contributed by atoms with E-state index in [1.54, 1.807) is 12.1 Å². The molecule has 0 aliphatic carbocycles. The largest absolute Gasteiger partial charge is 0.492 e. The van der Waals surface area contributed by atoms with E-state index in [0.717, 1.165) is 23.3 Å². The molecule has 4 nitrogen and oxygen atoms in total. The fraction of sp³-hybridized carbons (Fsp3) is 0.294. The molecule has 5 heteroatoms. The third-order valence-corrected chi connectivity index (χ3v) is 4.86. The Labute approximate surface area is 132 Å². The van der Waals surface area contributed by atoms with Gasteiger partial charge in [0, 0.05) is 6.54 Å². The van der Waals surface area contributed by atoms with Crippen molar-refractivity contribution in [1.29, 1.82) is 0 Å². The van der Waals surface area contributed by atoms with Gasteiger partial charge in [0.15, 0.2) is 0 Å². The molecule has 0 aromatic heterocycles. The maximum Gasteiger partial charge on any atom is 0.240 e. The van der Waals surface area contributed by atoms with Gasteiger partial charge in [-0.1, -0.05) is 37.3 Å². The minimum absolute atomic E-state index is 0.228. The lowest BCUT2D eigenvalue weighted by Crippen LogP contribution is -2.28. The number of aryl methyl sites for hydroxylation is 2. The van der Waals surface area contributed by atoms with Crippen molar-refractivity contribution in [2.45, 2.75) is 25.2 Å². The van der Waals surface area contributed by atoms with Gasteiger partial charge in [-0.2, -0.15) is 0 Å². The lowest BCUT2D eigenvalue weighted by atomic mass is 10.2. The average molecular weight is 319 g/mol. The van der Waals surface area contributed by atoms with E-state index in [2.05, 4.69) is 4.72 Å². The quantitative estimate of drug-likeness (QED) is 0.798. The maximum atomic E-state index is 12.1. The topological polar surface area (TPSA) is 55.4 Å². The highest BCUT2D eigenvalue weighted by Gasteiger charge is 2.13. The first kappa shape index (κ1) is 16.5. The minimum atomic E-state index is -3.48. The van der Waals surface area contributed by atoms with Crippen LogP contribution in [-0.4, -0.2) is 21.6 Å². The summed E-state index contributed by atoms with van der Waals surface area (Å²) in [6, 6.07) is 14.6. The molecule has 0 unspecified atom stereocenters. The van der Waals surface area contributed by atoms with E-state index in [1.165, 1.54) is 0 Å². The smallest absolute Gasteiger partial charge is 0.240 e. The monoisotopic (exact) mass is 319 g/mol. The average Bonchev–Trinajstić information content (AvgIpc) is 2.53. The van der Waals surface area contributed by atoms with Crippen LogP contribution < -0.4 is 9.46 Å². The van der Waals surface area contributed by atoms with Crippen LogP contribution in [0.2, 0.25) is 0 Å². The molecule has 0 spiro atoms. The molecule has 2 rings (SSSR count). The second kappa shape index (κ2) is 7.42. The normalized spacial score (nSPS) is 11.4. The van der Waals surface area contributed by atoms with Crippen molar-refractivity contribution < 1.29 is 13.2 Å². The van der Waals surface area contributed by atoms with Gasteiger partial charge >= 0.3 is 0 Å². The number of benzene rings is 2. The first-order valence-corrected chi connectivity index (χ1v) is 8.78. The molecule has 0 bridgehead atoms. The number of ether oxygens (including phenoxy) is 1. The van der Waals surface area contributed by atoms with Gasteiger partial charge in [0.2, 0.25) is 10.0 Å². The Balaban J connectivity index is 1.88. The molecular formula is C17H21NO3S. The molecule has 1 N–H and O–H groups in total. The summed E-state index contributed by atoms with van der Waals surface area (Å²) < 4.78 is 32.4. The van der Waals surface area contributed by atoms with Crippen molar-refractivity contribution in [1.82, 2.24) is 4.72 Å². The molecule has 0 aliphatic heterocycles. The molecule has 2 aromatic rings. The van der Waals surface area contributed by atoms with Crippen molar-refractivity contribution in [3.8, 4) is 5.75 Å². The fourth-order valence-electron chi connectivity index (χ4n) is 2.04. The molecule has 22 heavy (non-hydrogen) atoms. The van der Waals surface area contributed by atoms with Crippen molar-refractivity contribution in [3.05, 3.63) is 59.7 Å². The molecule has 0 saturated heterocycles. The summed E-state index contributed by atoms with van der Waals surface area (Å²) in [6.45, 7) is 4.50. The van der Waals surface area contributed by atoms with Crippen molar-refractivity contribution >= 4 is 10.0 Å². The van der Waals surface area contributed by atoms with Gasteiger partial charge in [-0.05, 0) is 42.7 Å². The lowest BCUT2D eigenvalue weighted by Gasteiger charge is -2.10. The van der Waals surface area contributed by atoms with Crippen LogP contribution in [0.3, 0.4) is 0 Å². The van der Waals surface area contributed by atoms with Gasteiger partial charge in [0.1, 0.15) is 12.4 Å². The molecule has 118 valence electrons. The van der Waals surface area contributed by atoms with Gasteiger partial charge in [0.05, 0.1) is 4.90 Å². The molecule has 0 heterocycles. The van der Waals surface area contributed by atoms with Crippen LogP contribution in [0, 0.1) is 6.92 Å². The van der Waals surface area contributed by atoms with Gasteiger partial charge in [0.25, 0.3) is 0 Å².